The third-order valence-electron chi connectivity index (χ3n) is 5.29. The lowest BCUT2D eigenvalue weighted by Crippen LogP contribution is -2.37. The van der Waals surface area contributed by atoms with Gasteiger partial charge in [-0.3, -0.25) is 15.0 Å². The number of nitrogens with one attached hydrogen (secondary N) is 1. The number of fused-ring (bicyclic) bond motifs is 1. The number of aromatic nitrogens is 2. The number of amides is 1. The van der Waals surface area contributed by atoms with Crippen molar-refractivity contribution in [3.63, 3.8) is 0 Å². The topological polar surface area (TPSA) is 64.0 Å². The standard InChI is InChI=1S/C23H22BrN3O2/c24-18-13-10-16(11-14-18)12-15-21(28)26-27-22(17-6-2-1-3-7-17)25-20-9-5-4-8-19(20)23(27)29/h4-5,8-15,17H,1-3,6-7H2,(H,26,28)/b15-12+. The Morgan fingerprint density at radius 1 is 1.07 bits per heavy atom. The van der Waals surface area contributed by atoms with Crippen molar-refractivity contribution in [2.24, 2.45) is 0 Å². The Morgan fingerprint density at radius 2 is 1.79 bits per heavy atom. The van der Waals surface area contributed by atoms with Crippen LogP contribution in [0.25, 0.3) is 17.0 Å². The second-order valence-corrected chi connectivity index (χ2v) is 8.24. The number of nitrogens with zero attached hydrogens (tertiary/aromatic N) is 2. The van der Waals surface area contributed by atoms with E-state index in [1.807, 2.05) is 42.5 Å². The van der Waals surface area contributed by atoms with E-state index in [4.69, 9.17) is 4.98 Å². The van der Waals surface area contributed by atoms with Crippen LogP contribution in [0, 0.1) is 0 Å². The minimum atomic E-state index is -0.357. The van der Waals surface area contributed by atoms with Crippen LogP contribution in [0.5, 0.6) is 0 Å². The van der Waals surface area contributed by atoms with Crippen molar-refractivity contribution in [2.75, 3.05) is 5.43 Å². The molecular weight excluding hydrogens is 430 g/mol. The number of benzene rings is 2. The summed E-state index contributed by atoms with van der Waals surface area (Å²) in [6.07, 6.45) is 8.56. The maximum Gasteiger partial charge on any atom is 0.280 e. The molecule has 6 heteroatoms. The van der Waals surface area contributed by atoms with E-state index in [0.29, 0.717) is 16.7 Å². The number of carbonyl (C=O) groups is 1. The van der Waals surface area contributed by atoms with E-state index >= 15 is 0 Å². The summed E-state index contributed by atoms with van der Waals surface area (Å²) >= 11 is 3.39. The van der Waals surface area contributed by atoms with Gasteiger partial charge in [0.1, 0.15) is 5.82 Å². The molecule has 0 aliphatic heterocycles. The van der Waals surface area contributed by atoms with Gasteiger partial charge in [-0.15, -0.1) is 0 Å². The molecule has 1 aliphatic carbocycles. The van der Waals surface area contributed by atoms with Crippen molar-refractivity contribution in [1.82, 2.24) is 9.66 Å². The van der Waals surface area contributed by atoms with Crippen molar-refractivity contribution in [3.8, 4) is 0 Å². The van der Waals surface area contributed by atoms with Crippen LogP contribution in [-0.2, 0) is 4.79 Å². The van der Waals surface area contributed by atoms with Gasteiger partial charge in [-0.25, -0.2) is 9.66 Å². The van der Waals surface area contributed by atoms with Crippen molar-refractivity contribution >= 4 is 38.8 Å². The Labute approximate surface area is 177 Å². The van der Waals surface area contributed by atoms with Crippen molar-refractivity contribution in [1.29, 1.82) is 0 Å². The van der Waals surface area contributed by atoms with Gasteiger partial charge in [0.15, 0.2) is 0 Å². The van der Waals surface area contributed by atoms with Gasteiger partial charge in [0.25, 0.3) is 11.5 Å². The fraction of sp³-hybridized carbons (Fsp3) is 0.261. The maximum atomic E-state index is 13.1. The third kappa shape index (κ3) is 4.48. The third-order valence-corrected chi connectivity index (χ3v) is 5.82. The predicted molar refractivity (Wildman–Crippen MR) is 119 cm³/mol. The molecule has 1 heterocycles. The van der Waals surface area contributed by atoms with Gasteiger partial charge in [0.05, 0.1) is 10.9 Å². The van der Waals surface area contributed by atoms with Crippen LogP contribution in [0.15, 0.2) is 63.9 Å². The van der Waals surface area contributed by atoms with Crippen LogP contribution in [0.3, 0.4) is 0 Å². The zero-order chi connectivity index (χ0) is 20.2. The lowest BCUT2D eigenvalue weighted by atomic mass is 9.88. The lowest BCUT2D eigenvalue weighted by molar-refractivity contribution is -0.112. The molecule has 4 rings (SSSR count). The largest absolute Gasteiger partial charge is 0.280 e. The Balaban J connectivity index is 1.67. The van der Waals surface area contributed by atoms with Gasteiger partial charge in [-0.05, 0) is 48.7 Å². The Bertz CT molecular complexity index is 1110. The van der Waals surface area contributed by atoms with E-state index in [9.17, 15) is 9.59 Å². The number of rotatable bonds is 4. The molecule has 0 atom stereocenters. The molecule has 29 heavy (non-hydrogen) atoms. The molecule has 0 unspecified atom stereocenters. The summed E-state index contributed by atoms with van der Waals surface area (Å²) in [5.41, 5.74) is 4.10. The normalized spacial score (nSPS) is 15.1. The Morgan fingerprint density at radius 3 is 2.55 bits per heavy atom. The zero-order valence-corrected chi connectivity index (χ0v) is 17.6. The highest BCUT2D eigenvalue weighted by Gasteiger charge is 2.23. The van der Waals surface area contributed by atoms with E-state index in [0.717, 1.165) is 35.7 Å². The monoisotopic (exact) mass is 451 g/mol. The number of halogens is 1. The van der Waals surface area contributed by atoms with Crippen LogP contribution in [0.4, 0.5) is 0 Å². The predicted octanol–water partition coefficient (Wildman–Crippen LogP) is 4.99. The molecule has 0 radical (unpaired) electrons. The molecule has 1 N–H and O–H groups in total. The second-order valence-electron chi connectivity index (χ2n) is 7.32. The van der Waals surface area contributed by atoms with Gasteiger partial charge in [0, 0.05) is 16.5 Å². The molecule has 1 fully saturated rings. The van der Waals surface area contributed by atoms with E-state index in [1.54, 1.807) is 12.1 Å². The van der Waals surface area contributed by atoms with Crippen molar-refractivity contribution < 1.29 is 4.79 Å². The number of hydrogen-bond donors (Lipinski definition) is 1. The fourth-order valence-corrected chi connectivity index (χ4v) is 4.05. The molecule has 5 nitrogen and oxygen atoms in total. The van der Waals surface area contributed by atoms with Gasteiger partial charge in [-0.1, -0.05) is 59.5 Å². The molecule has 0 spiro atoms. The van der Waals surface area contributed by atoms with Gasteiger partial charge in [0.2, 0.25) is 0 Å². The van der Waals surface area contributed by atoms with E-state index in [-0.39, 0.29) is 17.4 Å². The van der Waals surface area contributed by atoms with Crippen LogP contribution in [0.2, 0.25) is 0 Å². The molecule has 3 aromatic rings. The summed E-state index contributed by atoms with van der Waals surface area (Å²) in [6.45, 7) is 0. The fourth-order valence-electron chi connectivity index (χ4n) is 3.79. The molecule has 1 aliphatic rings. The first kappa shape index (κ1) is 19.6. The highest BCUT2D eigenvalue weighted by atomic mass is 79.9. The van der Waals surface area contributed by atoms with E-state index < -0.39 is 0 Å². The summed E-state index contributed by atoms with van der Waals surface area (Å²) in [7, 11) is 0. The molecule has 0 bridgehead atoms. The maximum absolute atomic E-state index is 13.1. The molecule has 1 saturated carbocycles. The smallest absolute Gasteiger partial charge is 0.268 e. The highest BCUT2D eigenvalue weighted by Crippen LogP contribution is 2.31. The summed E-state index contributed by atoms with van der Waals surface area (Å²) in [6, 6.07) is 14.9. The second kappa shape index (κ2) is 8.74. The number of para-hydroxylation sites is 1. The van der Waals surface area contributed by atoms with E-state index in [2.05, 4.69) is 21.4 Å². The SMILES string of the molecule is O=C(/C=C/c1ccc(Br)cc1)Nn1c(C2CCCCC2)nc2ccccc2c1=O. The summed E-state index contributed by atoms with van der Waals surface area (Å²) < 4.78 is 2.33. The van der Waals surface area contributed by atoms with Gasteiger partial charge < -0.3 is 0 Å². The summed E-state index contributed by atoms with van der Waals surface area (Å²) in [5, 5.41) is 0.504. The lowest BCUT2D eigenvalue weighted by Gasteiger charge is -2.24. The Hall–Kier alpha value is -2.73. The summed E-state index contributed by atoms with van der Waals surface area (Å²) in [4.78, 5) is 30.5. The first-order chi connectivity index (χ1) is 14.1. The molecule has 148 valence electrons. The average Bonchev–Trinajstić information content (AvgIpc) is 2.76. The van der Waals surface area contributed by atoms with Crippen molar-refractivity contribution in [2.45, 2.75) is 38.0 Å². The molecular formula is C23H22BrN3O2. The minimum Gasteiger partial charge on any atom is -0.268 e. The minimum absolute atomic E-state index is 0.178. The number of hydrogen-bond acceptors (Lipinski definition) is 3. The highest BCUT2D eigenvalue weighted by molar-refractivity contribution is 9.10. The first-order valence-electron chi connectivity index (χ1n) is 9.88. The molecule has 0 saturated heterocycles. The quantitative estimate of drug-likeness (QED) is 0.568. The van der Waals surface area contributed by atoms with Crippen LogP contribution < -0.4 is 11.0 Å². The number of carbonyl (C=O) groups excluding carboxylic acids is 1. The molecule has 1 amide bonds. The van der Waals surface area contributed by atoms with Crippen molar-refractivity contribution in [3.05, 3.63) is 80.8 Å². The van der Waals surface area contributed by atoms with Gasteiger partial charge >= 0.3 is 0 Å². The summed E-state index contributed by atoms with van der Waals surface area (Å²) in [5.74, 6) is 0.472. The Kier molecular flexibility index (Phi) is 5.90. The first-order valence-corrected chi connectivity index (χ1v) is 10.7. The van der Waals surface area contributed by atoms with Crippen LogP contribution in [0.1, 0.15) is 49.4 Å². The molecule has 1 aromatic heterocycles. The van der Waals surface area contributed by atoms with Crippen LogP contribution in [-0.4, -0.2) is 15.6 Å². The van der Waals surface area contributed by atoms with E-state index in [1.165, 1.54) is 17.2 Å². The molecule has 2 aromatic carbocycles. The average molecular weight is 452 g/mol. The van der Waals surface area contributed by atoms with Gasteiger partial charge in [-0.2, -0.15) is 0 Å². The van der Waals surface area contributed by atoms with Crippen LogP contribution >= 0.6 is 15.9 Å². The zero-order valence-electron chi connectivity index (χ0n) is 16.0.